The summed E-state index contributed by atoms with van der Waals surface area (Å²) >= 11 is 0. The van der Waals surface area contributed by atoms with E-state index in [0.717, 1.165) is 51.4 Å². The normalized spacial score (nSPS) is 12.6. The van der Waals surface area contributed by atoms with E-state index in [0.29, 0.717) is 13.2 Å². The Bertz CT molecular complexity index is 1390. The highest BCUT2D eigenvalue weighted by Crippen LogP contribution is 2.43. The van der Waals surface area contributed by atoms with Gasteiger partial charge in [0.25, 0.3) is 0 Å². The van der Waals surface area contributed by atoms with Crippen LogP contribution in [0, 0.1) is 12.3 Å². The van der Waals surface area contributed by atoms with Gasteiger partial charge in [-0.2, -0.15) is 5.10 Å². The molecule has 9 nitrogen and oxygen atoms in total. The molecule has 0 aliphatic heterocycles. The molecule has 37 heavy (non-hydrogen) atoms. The molecule has 0 bridgehead atoms. The van der Waals surface area contributed by atoms with E-state index in [1.54, 1.807) is 7.11 Å². The topological polar surface area (TPSA) is 93.3 Å². The number of aryl methyl sites for hydroxylation is 3. The molecule has 0 radical (unpaired) electrons. The number of hydrogen-bond donors (Lipinski definition) is 0. The van der Waals surface area contributed by atoms with E-state index in [2.05, 4.69) is 16.4 Å². The fraction of sp³-hybridized carbons (Fsp3) is 0.429. The quantitative estimate of drug-likeness (QED) is 0.292. The Balaban J connectivity index is 1.67. The fourth-order valence-corrected chi connectivity index (χ4v) is 4.83. The van der Waals surface area contributed by atoms with E-state index >= 15 is 0 Å². The van der Waals surface area contributed by atoms with Crippen LogP contribution < -0.4 is 4.74 Å². The van der Waals surface area contributed by atoms with Crippen molar-refractivity contribution in [1.82, 2.24) is 24.8 Å². The standard InChI is InChI=1S/C28H35N5O4/c1-8-33-24-14-13-22(18(2)26(24)29-31-33)25(28(3,4)27(34)36-7)23-15-20(32(5)30-23)17-37-16-19-9-11-21(35-6)12-10-19/h9-15,25H,8,16-17H2,1-7H3. The molecule has 0 saturated heterocycles. The number of esters is 1. The lowest BCUT2D eigenvalue weighted by Gasteiger charge is -2.32. The smallest absolute Gasteiger partial charge is 0.312 e. The highest BCUT2D eigenvalue weighted by atomic mass is 16.5. The van der Waals surface area contributed by atoms with E-state index in [-0.39, 0.29) is 11.9 Å². The molecule has 1 atom stereocenters. The van der Waals surface area contributed by atoms with Crippen LogP contribution in [0.2, 0.25) is 0 Å². The molecular weight excluding hydrogens is 470 g/mol. The van der Waals surface area contributed by atoms with Crippen molar-refractivity contribution < 1.29 is 19.0 Å². The van der Waals surface area contributed by atoms with Gasteiger partial charge in [0, 0.05) is 19.5 Å². The summed E-state index contributed by atoms with van der Waals surface area (Å²) in [4.78, 5) is 13.0. The Morgan fingerprint density at radius 3 is 2.46 bits per heavy atom. The summed E-state index contributed by atoms with van der Waals surface area (Å²) in [6.07, 6.45) is 0. The van der Waals surface area contributed by atoms with Crippen molar-refractivity contribution in [2.75, 3.05) is 14.2 Å². The van der Waals surface area contributed by atoms with Gasteiger partial charge in [0.05, 0.1) is 49.8 Å². The van der Waals surface area contributed by atoms with Crippen LogP contribution in [-0.2, 0) is 41.1 Å². The van der Waals surface area contributed by atoms with Gasteiger partial charge in [-0.1, -0.05) is 23.4 Å². The summed E-state index contributed by atoms with van der Waals surface area (Å²) in [6, 6.07) is 13.9. The minimum atomic E-state index is -0.885. The summed E-state index contributed by atoms with van der Waals surface area (Å²) in [5.41, 5.74) is 5.57. The van der Waals surface area contributed by atoms with Gasteiger partial charge >= 0.3 is 5.97 Å². The van der Waals surface area contributed by atoms with E-state index in [9.17, 15) is 4.79 Å². The summed E-state index contributed by atoms with van der Waals surface area (Å²) in [7, 11) is 4.95. The molecule has 0 aliphatic carbocycles. The molecule has 2 aromatic carbocycles. The molecule has 4 rings (SSSR count). The van der Waals surface area contributed by atoms with Gasteiger partial charge in [0.2, 0.25) is 0 Å². The Kier molecular flexibility index (Phi) is 7.63. The van der Waals surface area contributed by atoms with E-state index in [1.807, 2.05) is 80.5 Å². The lowest BCUT2D eigenvalue weighted by Crippen LogP contribution is -2.34. The first-order chi connectivity index (χ1) is 17.7. The van der Waals surface area contributed by atoms with Crippen molar-refractivity contribution in [2.24, 2.45) is 12.5 Å². The molecule has 2 heterocycles. The lowest BCUT2D eigenvalue weighted by molar-refractivity contribution is -0.151. The van der Waals surface area contributed by atoms with Gasteiger partial charge in [0.1, 0.15) is 11.3 Å². The first-order valence-electron chi connectivity index (χ1n) is 12.4. The van der Waals surface area contributed by atoms with Crippen LogP contribution in [0.5, 0.6) is 5.75 Å². The Labute approximate surface area is 217 Å². The molecule has 0 N–H and O–H groups in total. The van der Waals surface area contributed by atoms with Gasteiger partial charge in [-0.3, -0.25) is 9.48 Å². The zero-order valence-electron chi connectivity index (χ0n) is 22.6. The summed E-state index contributed by atoms with van der Waals surface area (Å²) in [6.45, 7) is 9.41. The van der Waals surface area contributed by atoms with Crippen molar-refractivity contribution in [3.63, 3.8) is 0 Å². The summed E-state index contributed by atoms with van der Waals surface area (Å²) < 4.78 is 20.1. The van der Waals surface area contributed by atoms with E-state index in [4.69, 9.17) is 19.3 Å². The van der Waals surface area contributed by atoms with Crippen molar-refractivity contribution in [3.05, 3.63) is 70.5 Å². The number of benzene rings is 2. The number of rotatable bonds is 10. The second-order valence-electron chi connectivity index (χ2n) is 9.72. The van der Waals surface area contributed by atoms with Crippen LogP contribution in [-0.4, -0.2) is 45.0 Å². The second-order valence-corrected chi connectivity index (χ2v) is 9.72. The zero-order chi connectivity index (χ0) is 26.7. The molecule has 0 aliphatic rings. The maximum Gasteiger partial charge on any atom is 0.312 e. The lowest BCUT2D eigenvalue weighted by atomic mass is 9.71. The number of fused-ring (bicyclic) bond motifs is 1. The average molecular weight is 506 g/mol. The van der Waals surface area contributed by atoms with E-state index in [1.165, 1.54) is 7.11 Å². The Morgan fingerprint density at radius 1 is 1.08 bits per heavy atom. The molecule has 196 valence electrons. The minimum absolute atomic E-state index is 0.308. The van der Waals surface area contributed by atoms with Crippen LogP contribution >= 0.6 is 0 Å². The van der Waals surface area contributed by atoms with Crippen LogP contribution in [0.25, 0.3) is 11.0 Å². The predicted octanol–water partition coefficient (Wildman–Crippen LogP) is 4.55. The number of hydrogen-bond acceptors (Lipinski definition) is 7. The van der Waals surface area contributed by atoms with E-state index < -0.39 is 5.41 Å². The predicted molar refractivity (Wildman–Crippen MR) is 140 cm³/mol. The van der Waals surface area contributed by atoms with Gasteiger partial charge in [-0.25, -0.2) is 4.68 Å². The van der Waals surface area contributed by atoms with Gasteiger partial charge in [-0.15, -0.1) is 5.10 Å². The molecule has 4 aromatic rings. The number of aromatic nitrogens is 5. The third-order valence-electron chi connectivity index (χ3n) is 7.00. The Morgan fingerprint density at radius 2 is 1.81 bits per heavy atom. The first kappa shape index (κ1) is 26.3. The molecule has 2 aromatic heterocycles. The number of ether oxygens (including phenoxy) is 3. The maximum atomic E-state index is 13.0. The highest BCUT2D eigenvalue weighted by Gasteiger charge is 2.42. The molecule has 0 amide bonds. The van der Waals surface area contributed by atoms with Gasteiger partial charge < -0.3 is 14.2 Å². The largest absolute Gasteiger partial charge is 0.497 e. The second kappa shape index (κ2) is 10.7. The van der Waals surface area contributed by atoms with Gasteiger partial charge in [0.15, 0.2) is 0 Å². The van der Waals surface area contributed by atoms with Crippen molar-refractivity contribution in [2.45, 2.75) is 53.4 Å². The molecule has 0 spiro atoms. The summed E-state index contributed by atoms with van der Waals surface area (Å²) in [5, 5.41) is 13.5. The highest BCUT2D eigenvalue weighted by molar-refractivity contribution is 5.82. The Hall–Kier alpha value is -3.72. The third kappa shape index (κ3) is 5.09. The molecule has 1 unspecified atom stereocenters. The summed E-state index contributed by atoms with van der Waals surface area (Å²) in [5.74, 6) is 0.139. The molecule has 9 heteroatoms. The first-order valence-corrected chi connectivity index (χ1v) is 12.4. The van der Waals surface area contributed by atoms with Crippen LogP contribution in [0.1, 0.15) is 54.8 Å². The molecule has 0 fully saturated rings. The van der Waals surface area contributed by atoms with Crippen molar-refractivity contribution in [1.29, 1.82) is 0 Å². The minimum Gasteiger partial charge on any atom is -0.497 e. The van der Waals surface area contributed by atoms with Crippen molar-refractivity contribution >= 4 is 17.0 Å². The van der Waals surface area contributed by atoms with Crippen LogP contribution in [0.15, 0.2) is 42.5 Å². The molecular formula is C28H35N5O4. The third-order valence-corrected chi connectivity index (χ3v) is 7.00. The zero-order valence-corrected chi connectivity index (χ0v) is 22.6. The van der Waals surface area contributed by atoms with Crippen LogP contribution in [0.4, 0.5) is 0 Å². The maximum absolute atomic E-state index is 13.0. The number of carbonyl (C=O) groups is 1. The van der Waals surface area contributed by atoms with Crippen LogP contribution in [0.3, 0.4) is 0 Å². The SMILES string of the molecule is CCn1nnc2c(C)c(C(c3cc(COCc4ccc(OC)cc4)n(C)n3)C(C)(C)C(=O)OC)ccc21. The number of carbonyl (C=O) groups excluding carboxylic acids is 1. The monoisotopic (exact) mass is 505 g/mol. The van der Waals surface area contributed by atoms with Crippen molar-refractivity contribution in [3.8, 4) is 5.75 Å². The molecule has 0 saturated carbocycles. The average Bonchev–Trinajstić information content (AvgIpc) is 3.48. The number of methoxy groups -OCH3 is 2. The fourth-order valence-electron chi connectivity index (χ4n) is 4.83. The number of nitrogens with zero attached hydrogens (tertiary/aromatic N) is 5. The van der Waals surface area contributed by atoms with Gasteiger partial charge in [-0.05, 0) is 68.7 Å².